The first-order valence-electron chi connectivity index (χ1n) is 9.76. The Morgan fingerprint density at radius 2 is 1.15 bits per heavy atom. The predicted octanol–water partition coefficient (Wildman–Crippen LogP) is 1.33. The Labute approximate surface area is 202 Å². The molecule has 16 heteroatoms. The molecule has 0 amide bonds. The highest BCUT2D eigenvalue weighted by Crippen LogP contribution is 2.24. The van der Waals surface area contributed by atoms with Crippen LogP contribution < -0.4 is 21.4 Å². The lowest BCUT2D eigenvalue weighted by molar-refractivity contribution is 0.332. The topological polar surface area (TPSA) is 173 Å². The SMILES string of the molecule is CCn1c(=N/N=c2/sc3cc(S(=O)(=O)ON)ccc3n2CC)sc2cc(S(=O)(=O)ON)ccc21. The fourth-order valence-corrected chi connectivity index (χ4v) is 6.91. The lowest BCUT2D eigenvalue weighted by atomic mass is 10.3. The van der Waals surface area contributed by atoms with Gasteiger partial charge in [-0.05, 0) is 50.2 Å². The maximum absolute atomic E-state index is 11.9. The molecular formula is C18H20N6O6S4. The van der Waals surface area contributed by atoms with Gasteiger partial charge in [-0.2, -0.15) is 37.2 Å². The zero-order valence-electron chi connectivity index (χ0n) is 17.9. The normalized spacial score (nSPS) is 14.0. The minimum absolute atomic E-state index is 0.0592. The Kier molecular flexibility index (Phi) is 6.76. The number of rotatable bonds is 7. The van der Waals surface area contributed by atoms with Crippen LogP contribution in [0.2, 0.25) is 0 Å². The highest BCUT2D eigenvalue weighted by Gasteiger charge is 2.17. The van der Waals surface area contributed by atoms with E-state index in [1.165, 1.54) is 46.9 Å². The van der Waals surface area contributed by atoms with Gasteiger partial charge in [0.15, 0.2) is 0 Å². The van der Waals surface area contributed by atoms with Crippen LogP contribution in [0.4, 0.5) is 0 Å². The van der Waals surface area contributed by atoms with Crippen molar-refractivity contribution in [3.63, 3.8) is 0 Å². The van der Waals surface area contributed by atoms with Crippen molar-refractivity contribution in [1.82, 2.24) is 9.13 Å². The highest BCUT2D eigenvalue weighted by molar-refractivity contribution is 7.87. The van der Waals surface area contributed by atoms with E-state index in [0.717, 1.165) is 11.0 Å². The average Bonchev–Trinajstić information content (AvgIpc) is 3.38. The van der Waals surface area contributed by atoms with Crippen LogP contribution in [0.3, 0.4) is 0 Å². The number of hydrogen-bond donors (Lipinski definition) is 2. The average molecular weight is 545 g/mol. The lowest BCUT2D eigenvalue weighted by Gasteiger charge is -2.02. The molecule has 4 rings (SSSR count). The van der Waals surface area contributed by atoms with Crippen molar-refractivity contribution in [1.29, 1.82) is 0 Å². The number of nitrogens with two attached hydrogens (primary N) is 2. The van der Waals surface area contributed by atoms with Crippen molar-refractivity contribution in [2.24, 2.45) is 22.0 Å². The zero-order valence-corrected chi connectivity index (χ0v) is 21.2. The third-order valence-corrected chi connectivity index (χ3v) is 9.23. The van der Waals surface area contributed by atoms with Crippen molar-refractivity contribution in [2.75, 3.05) is 0 Å². The van der Waals surface area contributed by atoms with E-state index in [1.54, 1.807) is 12.1 Å². The van der Waals surface area contributed by atoms with Gasteiger partial charge >= 0.3 is 20.2 Å². The van der Waals surface area contributed by atoms with E-state index in [0.29, 0.717) is 32.1 Å². The molecule has 0 saturated carbocycles. The summed E-state index contributed by atoms with van der Waals surface area (Å²) in [6.45, 7) is 5.03. The van der Waals surface area contributed by atoms with Gasteiger partial charge in [-0.15, -0.1) is 10.2 Å². The van der Waals surface area contributed by atoms with Gasteiger partial charge in [-0.3, -0.25) is 0 Å². The molecule has 0 unspecified atom stereocenters. The Morgan fingerprint density at radius 1 is 0.765 bits per heavy atom. The summed E-state index contributed by atoms with van der Waals surface area (Å²) >= 11 is 2.53. The van der Waals surface area contributed by atoms with Gasteiger partial charge < -0.3 is 9.13 Å². The maximum atomic E-state index is 11.9. The van der Waals surface area contributed by atoms with E-state index >= 15 is 0 Å². The molecular weight excluding hydrogens is 525 g/mol. The van der Waals surface area contributed by atoms with Crippen LogP contribution in [0.1, 0.15) is 13.8 Å². The molecule has 0 spiro atoms. The quantitative estimate of drug-likeness (QED) is 0.328. The largest absolute Gasteiger partial charge is 0.315 e. The molecule has 2 aromatic heterocycles. The van der Waals surface area contributed by atoms with Crippen LogP contribution in [0.5, 0.6) is 0 Å². The first kappa shape index (κ1) is 24.7. The lowest BCUT2D eigenvalue weighted by Crippen LogP contribution is -2.16. The third-order valence-electron chi connectivity index (χ3n) is 4.99. The number of aryl methyl sites for hydroxylation is 2. The van der Waals surface area contributed by atoms with Crippen molar-refractivity contribution in [3.8, 4) is 0 Å². The standard InChI is InChI=1S/C18H20N6O6S4/c1-3-23-13-7-5-11(33(25,26)29-19)9-15(13)31-17(23)21-22-18-24(4-2)14-8-6-12(10-16(14)32-18)34(27,28)30-20/h5-10H,3-4,19-20H2,1-2H3/b21-17+,22-18?. The summed E-state index contributed by atoms with van der Waals surface area (Å²) in [7, 11) is -8.07. The van der Waals surface area contributed by atoms with Crippen LogP contribution >= 0.6 is 22.7 Å². The number of fused-ring (bicyclic) bond motifs is 2. The van der Waals surface area contributed by atoms with Gasteiger partial charge in [0.25, 0.3) is 0 Å². The summed E-state index contributed by atoms with van der Waals surface area (Å²) in [5.41, 5.74) is 1.57. The summed E-state index contributed by atoms with van der Waals surface area (Å²) in [5, 5.41) is 8.83. The molecule has 0 aliphatic rings. The summed E-state index contributed by atoms with van der Waals surface area (Å²) in [4.78, 5) is 0.994. The predicted molar refractivity (Wildman–Crippen MR) is 127 cm³/mol. The molecule has 4 N–H and O–H groups in total. The highest BCUT2D eigenvalue weighted by atomic mass is 32.2. The van der Waals surface area contributed by atoms with Gasteiger partial charge in [-0.1, -0.05) is 22.7 Å². The Morgan fingerprint density at radius 3 is 1.47 bits per heavy atom. The molecule has 34 heavy (non-hydrogen) atoms. The molecule has 2 aromatic carbocycles. The minimum atomic E-state index is -4.04. The molecule has 0 atom stereocenters. The van der Waals surface area contributed by atoms with E-state index in [-0.39, 0.29) is 9.79 Å². The fourth-order valence-electron chi connectivity index (χ4n) is 3.38. The molecule has 0 aliphatic heterocycles. The van der Waals surface area contributed by atoms with Gasteiger partial charge in [0, 0.05) is 13.1 Å². The van der Waals surface area contributed by atoms with E-state index in [2.05, 4.69) is 18.8 Å². The van der Waals surface area contributed by atoms with Gasteiger partial charge in [0.05, 0.1) is 30.2 Å². The molecule has 2 heterocycles. The number of hydrogen-bond acceptors (Lipinski definition) is 12. The van der Waals surface area contributed by atoms with Gasteiger partial charge in [0.2, 0.25) is 9.60 Å². The fraction of sp³-hybridized carbons (Fsp3) is 0.222. The molecule has 182 valence electrons. The summed E-state index contributed by atoms with van der Waals surface area (Å²) in [6.07, 6.45) is 0. The molecule has 0 saturated heterocycles. The van der Waals surface area contributed by atoms with Crippen molar-refractivity contribution in [3.05, 3.63) is 46.0 Å². The third kappa shape index (κ3) is 4.34. The van der Waals surface area contributed by atoms with Crippen LogP contribution in [0, 0.1) is 0 Å². The number of benzene rings is 2. The van der Waals surface area contributed by atoms with E-state index in [4.69, 9.17) is 11.8 Å². The Hall–Kier alpha value is -2.44. The molecule has 0 fully saturated rings. The van der Waals surface area contributed by atoms with Crippen molar-refractivity contribution >= 4 is 63.3 Å². The van der Waals surface area contributed by atoms with Crippen LogP contribution in [0.15, 0.2) is 56.4 Å². The van der Waals surface area contributed by atoms with Gasteiger partial charge in [-0.25, -0.2) is 0 Å². The van der Waals surface area contributed by atoms with Crippen LogP contribution in [-0.4, -0.2) is 26.0 Å². The first-order valence-corrected chi connectivity index (χ1v) is 14.2. The number of thiazole rings is 2. The summed E-state index contributed by atoms with van der Waals surface area (Å²) < 4.78 is 61.1. The van der Waals surface area contributed by atoms with E-state index in [9.17, 15) is 16.8 Å². The second-order valence-corrected chi connectivity index (χ2v) is 12.0. The maximum Gasteiger partial charge on any atom is 0.312 e. The summed E-state index contributed by atoms with van der Waals surface area (Å²) in [6, 6.07) is 9.10. The molecule has 12 nitrogen and oxygen atoms in total. The van der Waals surface area contributed by atoms with Crippen molar-refractivity contribution in [2.45, 2.75) is 36.7 Å². The second kappa shape index (κ2) is 9.31. The second-order valence-electron chi connectivity index (χ2n) is 6.82. The monoisotopic (exact) mass is 544 g/mol. The first-order chi connectivity index (χ1) is 16.1. The minimum Gasteiger partial charge on any atom is -0.315 e. The molecule has 4 aromatic rings. The van der Waals surface area contributed by atoms with Gasteiger partial charge in [0.1, 0.15) is 0 Å². The molecule has 0 bridgehead atoms. The number of aromatic nitrogens is 2. The smallest absolute Gasteiger partial charge is 0.312 e. The molecule has 0 aliphatic carbocycles. The number of nitrogens with zero attached hydrogens (tertiary/aromatic N) is 4. The Bertz CT molecular complexity index is 1610. The Balaban J connectivity index is 1.90. The molecule has 0 radical (unpaired) electrons. The van der Waals surface area contributed by atoms with Crippen LogP contribution in [-0.2, 0) is 41.9 Å². The van der Waals surface area contributed by atoms with Crippen LogP contribution in [0.25, 0.3) is 20.4 Å². The van der Waals surface area contributed by atoms with E-state index < -0.39 is 20.2 Å². The van der Waals surface area contributed by atoms with Crippen molar-refractivity contribution < 1.29 is 25.4 Å². The zero-order chi connectivity index (χ0) is 24.7. The summed E-state index contributed by atoms with van der Waals surface area (Å²) in [5.74, 6) is 9.77. The van der Waals surface area contributed by atoms with E-state index in [1.807, 2.05) is 23.0 Å².